The van der Waals surface area contributed by atoms with E-state index in [1.165, 1.54) is 126 Å². The lowest BCUT2D eigenvalue weighted by Gasteiger charge is -2.12. The van der Waals surface area contributed by atoms with Crippen molar-refractivity contribution in [2.24, 2.45) is 0 Å². The van der Waals surface area contributed by atoms with E-state index in [4.69, 9.17) is 0 Å². The second-order valence-corrected chi connectivity index (χ2v) is 16.9. The summed E-state index contributed by atoms with van der Waals surface area (Å²) in [7, 11) is 0. The molecule has 286 valence electrons. The summed E-state index contributed by atoms with van der Waals surface area (Å²) in [5.41, 5.74) is 17.4. The smallest absolute Gasteiger partial charge is 0.0619 e. The van der Waals surface area contributed by atoms with Crippen LogP contribution >= 0.6 is 0 Å². The molecule has 0 aliphatic heterocycles. The monoisotopic (exact) mass is 784 g/mol. The van der Waals surface area contributed by atoms with Gasteiger partial charge in [0.25, 0.3) is 0 Å². The molecule has 0 atom stereocenters. The van der Waals surface area contributed by atoms with E-state index in [-0.39, 0.29) is 0 Å². The number of hydrogen-bond acceptors (Lipinski definition) is 0. The van der Waals surface area contributed by atoms with E-state index in [2.05, 4.69) is 228 Å². The first kappa shape index (κ1) is 33.6. The lowest BCUT2D eigenvalue weighted by molar-refractivity contribution is 1.18. The van der Waals surface area contributed by atoms with Crippen molar-refractivity contribution in [2.45, 2.75) is 0 Å². The Morgan fingerprint density at radius 2 is 0.855 bits per heavy atom. The fourth-order valence-corrected chi connectivity index (χ4v) is 10.8. The minimum atomic E-state index is 1.16. The molecule has 13 aromatic rings. The van der Waals surface area contributed by atoms with Gasteiger partial charge in [-0.05, 0) is 132 Å². The topological polar surface area (TPSA) is 9.86 Å². The summed E-state index contributed by atoms with van der Waals surface area (Å²) in [5, 5.41) is 12.7. The van der Waals surface area contributed by atoms with Gasteiger partial charge in [0.05, 0.1) is 22.1 Å². The number of benzene rings is 11. The van der Waals surface area contributed by atoms with Crippen LogP contribution < -0.4 is 0 Å². The van der Waals surface area contributed by atoms with Crippen molar-refractivity contribution < 1.29 is 0 Å². The maximum absolute atomic E-state index is 2.45. The molecule has 11 aromatic carbocycles. The number of para-hydroxylation sites is 2. The molecule has 2 heteroatoms. The molecule has 0 saturated carbocycles. The van der Waals surface area contributed by atoms with Crippen LogP contribution in [0, 0.1) is 0 Å². The minimum absolute atomic E-state index is 1.16. The summed E-state index contributed by atoms with van der Waals surface area (Å²) in [5.74, 6) is 0. The largest absolute Gasteiger partial charge is 0.309 e. The Labute approximate surface area is 357 Å². The first-order valence-electron chi connectivity index (χ1n) is 21.5. The zero-order valence-electron chi connectivity index (χ0n) is 33.7. The number of aromatic nitrogens is 2. The number of hydrogen-bond donors (Lipinski definition) is 0. The Hall–Kier alpha value is -8.20. The van der Waals surface area contributed by atoms with Crippen molar-refractivity contribution in [3.63, 3.8) is 0 Å². The van der Waals surface area contributed by atoms with Crippen molar-refractivity contribution in [3.8, 4) is 55.9 Å². The fraction of sp³-hybridized carbons (Fsp3) is 0. The van der Waals surface area contributed by atoms with Gasteiger partial charge in [-0.15, -0.1) is 0 Å². The quantitative estimate of drug-likeness (QED) is 0.168. The number of rotatable bonds is 4. The van der Waals surface area contributed by atoms with Crippen LogP contribution in [0.3, 0.4) is 0 Å². The molecule has 0 fully saturated rings. The average molecular weight is 785 g/mol. The molecule has 0 radical (unpaired) electrons. The fourth-order valence-electron chi connectivity index (χ4n) is 10.8. The molecule has 2 aromatic heterocycles. The zero-order valence-corrected chi connectivity index (χ0v) is 33.7. The van der Waals surface area contributed by atoms with Gasteiger partial charge in [0.2, 0.25) is 0 Å². The molecule has 0 unspecified atom stereocenters. The second-order valence-electron chi connectivity index (χ2n) is 16.9. The Bertz CT molecular complexity index is 4030. The lowest BCUT2D eigenvalue weighted by atomic mass is 9.96. The molecule has 0 bridgehead atoms. The van der Waals surface area contributed by atoms with Crippen LogP contribution in [0.1, 0.15) is 0 Å². The first-order valence-corrected chi connectivity index (χ1v) is 21.5. The molecule has 2 heterocycles. The third kappa shape index (κ3) is 4.75. The van der Waals surface area contributed by atoms with Crippen LogP contribution in [0.5, 0.6) is 0 Å². The van der Waals surface area contributed by atoms with Crippen molar-refractivity contribution in [2.75, 3.05) is 0 Å². The molecule has 0 N–H and O–H groups in total. The number of fused-ring (bicyclic) bond motifs is 12. The minimum Gasteiger partial charge on any atom is -0.309 e. The Morgan fingerprint density at radius 3 is 1.76 bits per heavy atom. The summed E-state index contributed by atoms with van der Waals surface area (Å²) < 4.78 is 4.89. The standard InChI is InChI=1S/C60H36N2/c1-2-13-45(14-3-1)62-57-31-26-43(35-55(57)53-30-23-37-10-4-5-15-47(37)60(53)62)44-25-29-50-49-16-6-7-19-56(49)61(58(50)36-44)46-27-22-40-32-39(20-21-41(40)33-46)42-24-28-48-51-17-8-11-38-12-9-18-52(59(38)51)54(48)34-42/h1-36H. The van der Waals surface area contributed by atoms with Crippen molar-refractivity contribution >= 4 is 75.9 Å². The second kappa shape index (κ2) is 12.7. The van der Waals surface area contributed by atoms with Gasteiger partial charge in [-0.2, -0.15) is 0 Å². The van der Waals surface area contributed by atoms with Crippen molar-refractivity contribution in [3.05, 3.63) is 218 Å². The molecule has 0 amide bonds. The van der Waals surface area contributed by atoms with Crippen LogP contribution in [0.15, 0.2) is 218 Å². The van der Waals surface area contributed by atoms with Crippen LogP contribution in [0.25, 0.3) is 132 Å². The highest BCUT2D eigenvalue weighted by Gasteiger charge is 2.22. The molecule has 0 saturated heterocycles. The highest BCUT2D eigenvalue weighted by atomic mass is 15.0. The maximum Gasteiger partial charge on any atom is 0.0619 e. The Balaban J connectivity index is 0.893. The SMILES string of the molecule is c1ccc(-n2c3ccc(-c4ccc5c6ccccc6n(-c6ccc7cc(-c8ccc9c(c8)-c8cccc%10cccc-9c8%10)ccc7c6)c5c4)cc3c3ccc4ccccc4c32)cc1. The predicted octanol–water partition coefficient (Wildman–Crippen LogP) is 16.3. The highest BCUT2D eigenvalue weighted by Crippen LogP contribution is 2.48. The number of nitrogens with zero attached hydrogens (tertiary/aromatic N) is 2. The molecular formula is C60H36N2. The van der Waals surface area contributed by atoms with Gasteiger partial charge in [-0.1, -0.05) is 158 Å². The van der Waals surface area contributed by atoms with E-state index in [0.29, 0.717) is 0 Å². The predicted molar refractivity (Wildman–Crippen MR) is 263 cm³/mol. The highest BCUT2D eigenvalue weighted by molar-refractivity contribution is 6.20. The third-order valence-electron chi connectivity index (χ3n) is 13.6. The molecule has 0 spiro atoms. The summed E-state index contributed by atoms with van der Waals surface area (Å²) in [4.78, 5) is 0. The molecule has 1 aliphatic carbocycles. The van der Waals surface area contributed by atoms with E-state index >= 15 is 0 Å². The van der Waals surface area contributed by atoms with Crippen molar-refractivity contribution in [1.82, 2.24) is 9.13 Å². The summed E-state index contributed by atoms with van der Waals surface area (Å²) >= 11 is 0. The average Bonchev–Trinajstić information content (AvgIpc) is 3.97. The van der Waals surface area contributed by atoms with E-state index in [1.54, 1.807) is 0 Å². The summed E-state index contributed by atoms with van der Waals surface area (Å²) in [6, 6.07) is 81.1. The van der Waals surface area contributed by atoms with Gasteiger partial charge >= 0.3 is 0 Å². The van der Waals surface area contributed by atoms with Gasteiger partial charge < -0.3 is 9.13 Å². The van der Waals surface area contributed by atoms with Gasteiger partial charge in [0.1, 0.15) is 0 Å². The zero-order chi connectivity index (χ0) is 40.5. The van der Waals surface area contributed by atoms with Gasteiger partial charge in [0.15, 0.2) is 0 Å². The van der Waals surface area contributed by atoms with E-state index in [9.17, 15) is 0 Å². The maximum atomic E-state index is 2.45. The van der Waals surface area contributed by atoms with Crippen LogP contribution in [0.2, 0.25) is 0 Å². The molecular weight excluding hydrogens is 749 g/mol. The molecule has 1 aliphatic rings. The Morgan fingerprint density at radius 1 is 0.242 bits per heavy atom. The molecule has 14 rings (SSSR count). The van der Waals surface area contributed by atoms with Crippen LogP contribution in [-0.2, 0) is 0 Å². The van der Waals surface area contributed by atoms with E-state index in [0.717, 1.165) is 5.69 Å². The van der Waals surface area contributed by atoms with Gasteiger partial charge in [-0.3, -0.25) is 0 Å². The van der Waals surface area contributed by atoms with E-state index in [1.807, 2.05) is 0 Å². The van der Waals surface area contributed by atoms with Crippen LogP contribution in [-0.4, -0.2) is 9.13 Å². The van der Waals surface area contributed by atoms with E-state index < -0.39 is 0 Å². The summed E-state index contributed by atoms with van der Waals surface area (Å²) in [6.07, 6.45) is 0. The lowest BCUT2D eigenvalue weighted by Crippen LogP contribution is -1.94. The first-order chi connectivity index (χ1) is 30.7. The molecule has 2 nitrogen and oxygen atoms in total. The van der Waals surface area contributed by atoms with Gasteiger partial charge in [0, 0.05) is 38.3 Å². The summed E-state index contributed by atoms with van der Waals surface area (Å²) in [6.45, 7) is 0. The van der Waals surface area contributed by atoms with Crippen LogP contribution in [0.4, 0.5) is 0 Å². The third-order valence-corrected chi connectivity index (χ3v) is 13.6. The van der Waals surface area contributed by atoms with Gasteiger partial charge in [-0.25, -0.2) is 0 Å². The van der Waals surface area contributed by atoms with Crippen molar-refractivity contribution in [1.29, 1.82) is 0 Å². The molecule has 62 heavy (non-hydrogen) atoms. The Kier molecular flexibility index (Phi) is 6.86. The normalized spacial score (nSPS) is 12.2.